The van der Waals surface area contributed by atoms with Crippen LogP contribution < -0.4 is 0 Å². The van der Waals surface area contributed by atoms with Gasteiger partial charge in [0.2, 0.25) is 5.89 Å². The molecule has 4 aromatic carbocycles. The molecule has 122 valence electrons. The van der Waals surface area contributed by atoms with Gasteiger partial charge in [-0.3, -0.25) is 0 Å². The van der Waals surface area contributed by atoms with Crippen molar-refractivity contribution in [2.75, 3.05) is 0 Å². The van der Waals surface area contributed by atoms with Gasteiger partial charge in [0.05, 0.1) is 0 Å². The van der Waals surface area contributed by atoms with Gasteiger partial charge in [-0.05, 0) is 35.0 Å². The maximum Gasteiger partial charge on any atom is 0.228 e. The normalized spacial score (nSPS) is 11.8. The van der Waals surface area contributed by atoms with Crippen LogP contribution in [0.15, 0.2) is 83.3 Å². The Bertz CT molecular complexity index is 1410. The van der Waals surface area contributed by atoms with Crippen LogP contribution in [0.4, 0.5) is 0 Å². The molecule has 26 heavy (non-hydrogen) atoms. The molecule has 0 spiro atoms. The van der Waals surface area contributed by atoms with Crippen LogP contribution in [-0.4, -0.2) is 4.98 Å². The molecule has 0 amide bonds. The Kier molecular flexibility index (Phi) is 2.79. The van der Waals surface area contributed by atoms with Gasteiger partial charge in [-0.2, -0.15) is 0 Å². The van der Waals surface area contributed by atoms with Crippen molar-refractivity contribution in [3.05, 3.63) is 78.9 Å². The van der Waals surface area contributed by atoms with Crippen LogP contribution in [0.5, 0.6) is 0 Å². The molecule has 2 aromatic heterocycles. The van der Waals surface area contributed by atoms with Crippen LogP contribution in [-0.2, 0) is 0 Å². The SMILES string of the molecule is c1ccc2c(c1)cc(-c1nc3ccccc3o1)c1c3ccccc3sc21. The van der Waals surface area contributed by atoms with Crippen LogP contribution in [0, 0.1) is 0 Å². The second kappa shape index (κ2) is 5.16. The minimum Gasteiger partial charge on any atom is -0.436 e. The van der Waals surface area contributed by atoms with Gasteiger partial charge in [0.15, 0.2) is 5.58 Å². The number of hydrogen-bond donors (Lipinski definition) is 0. The van der Waals surface area contributed by atoms with Crippen molar-refractivity contribution in [1.82, 2.24) is 4.98 Å². The summed E-state index contributed by atoms with van der Waals surface area (Å²) >= 11 is 1.84. The number of fused-ring (bicyclic) bond motifs is 6. The van der Waals surface area contributed by atoms with E-state index in [9.17, 15) is 0 Å². The molecule has 3 heteroatoms. The molecule has 0 aliphatic heterocycles. The highest BCUT2D eigenvalue weighted by atomic mass is 32.1. The summed E-state index contributed by atoms with van der Waals surface area (Å²) in [6, 6.07) is 27.2. The number of rotatable bonds is 1. The van der Waals surface area contributed by atoms with Crippen molar-refractivity contribution in [2.45, 2.75) is 0 Å². The maximum absolute atomic E-state index is 6.12. The molecule has 0 unspecified atom stereocenters. The largest absolute Gasteiger partial charge is 0.436 e. The third kappa shape index (κ3) is 1.89. The Labute approximate surface area is 153 Å². The quantitative estimate of drug-likeness (QED) is 0.318. The molecule has 0 saturated heterocycles. The highest BCUT2D eigenvalue weighted by molar-refractivity contribution is 7.26. The van der Waals surface area contributed by atoms with E-state index in [1.54, 1.807) is 0 Å². The zero-order valence-electron chi connectivity index (χ0n) is 13.8. The number of hydrogen-bond acceptors (Lipinski definition) is 3. The third-order valence-electron chi connectivity index (χ3n) is 4.89. The van der Waals surface area contributed by atoms with Gasteiger partial charge in [-0.1, -0.05) is 54.6 Å². The van der Waals surface area contributed by atoms with Crippen molar-refractivity contribution in [1.29, 1.82) is 0 Å². The first-order chi connectivity index (χ1) is 12.9. The van der Waals surface area contributed by atoms with Crippen molar-refractivity contribution in [3.8, 4) is 11.5 Å². The molecule has 0 N–H and O–H groups in total. The summed E-state index contributed by atoms with van der Waals surface area (Å²) in [6.45, 7) is 0. The van der Waals surface area contributed by atoms with Crippen molar-refractivity contribution in [2.24, 2.45) is 0 Å². The fourth-order valence-corrected chi connectivity index (χ4v) is 4.98. The second-order valence-electron chi connectivity index (χ2n) is 6.43. The van der Waals surface area contributed by atoms with Crippen molar-refractivity contribution >= 4 is 53.4 Å². The first-order valence-corrected chi connectivity index (χ1v) is 9.39. The zero-order chi connectivity index (χ0) is 17.1. The molecule has 2 heterocycles. The molecule has 0 bridgehead atoms. The minimum absolute atomic E-state index is 0.686. The third-order valence-corrected chi connectivity index (χ3v) is 6.10. The first kappa shape index (κ1) is 14.0. The predicted molar refractivity (Wildman–Crippen MR) is 110 cm³/mol. The Morgan fingerprint density at radius 1 is 0.769 bits per heavy atom. The lowest BCUT2D eigenvalue weighted by Gasteiger charge is -2.05. The van der Waals surface area contributed by atoms with Gasteiger partial charge in [-0.25, -0.2) is 4.98 Å². The summed E-state index contributed by atoms with van der Waals surface area (Å²) in [4.78, 5) is 4.76. The van der Waals surface area contributed by atoms with Crippen LogP contribution in [0.1, 0.15) is 0 Å². The summed E-state index contributed by atoms with van der Waals surface area (Å²) in [5.41, 5.74) is 2.78. The smallest absolute Gasteiger partial charge is 0.228 e. The second-order valence-corrected chi connectivity index (χ2v) is 7.49. The van der Waals surface area contributed by atoms with Gasteiger partial charge in [0, 0.05) is 25.7 Å². The molecule has 2 nitrogen and oxygen atoms in total. The number of aromatic nitrogens is 1. The average Bonchev–Trinajstić information content (AvgIpc) is 3.29. The zero-order valence-corrected chi connectivity index (χ0v) is 14.6. The fourth-order valence-electron chi connectivity index (χ4n) is 3.72. The molecule has 6 aromatic rings. The van der Waals surface area contributed by atoms with Crippen molar-refractivity contribution < 1.29 is 4.42 Å². The van der Waals surface area contributed by atoms with Crippen molar-refractivity contribution in [3.63, 3.8) is 0 Å². The molecular formula is C23H13NOS. The summed E-state index contributed by atoms with van der Waals surface area (Å²) < 4.78 is 8.70. The van der Waals surface area contributed by atoms with E-state index in [0.29, 0.717) is 5.89 Å². The standard InChI is InChI=1S/C23H13NOS/c1-2-8-15-14(7-1)13-17(23-24-18-10-4-5-11-19(18)25-23)21-16-9-3-6-12-20(16)26-22(15)21/h1-13H. The Hall–Kier alpha value is -3.17. The van der Waals surface area contributed by atoms with Crippen LogP contribution >= 0.6 is 11.3 Å². The lowest BCUT2D eigenvalue weighted by atomic mass is 10.0. The predicted octanol–water partition coefficient (Wildman–Crippen LogP) is 7.02. The van der Waals surface area contributed by atoms with E-state index in [2.05, 4.69) is 54.6 Å². The monoisotopic (exact) mass is 351 g/mol. The van der Waals surface area contributed by atoms with Gasteiger partial charge < -0.3 is 4.42 Å². The minimum atomic E-state index is 0.686. The number of thiophene rings is 1. The van der Waals surface area contributed by atoms with E-state index in [0.717, 1.165) is 16.7 Å². The molecule has 0 radical (unpaired) electrons. The lowest BCUT2D eigenvalue weighted by molar-refractivity contribution is 0.621. The molecular weight excluding hydrogens is 338 g/mol. The first-order valence-electron chi connectivity index (χ1n) is 8.57. The van der Waals surface area contributed by atoms with E-state index in [1.807, 2.05) is 35.6 Å². The molecule has 0 saturated carbocycles. The molecule has 0 atom stereocenters. The average molecular weight is 351 g/mol. The van der Waals surface area contributed by atoms with Gasteiger partial charge in [0.25, 0.3) is 0 Å². The number of nitrogens with zero attached hydrogens (tertiary/aromatic N) is 1. The Balaban J connectivity index is 1.83. The lowest BCUT2D eigenvalue weighted by Crippen LogP contribution is -1.82. The fraction of sp³-hybridized carbons (Fsp3) is 0. The number of benzene rings is 4. The van der Waals surface area contributed by atoms with Gasteiger partial charge in [0.1, 0.15) is 5.52 Å². The summed E-state index contributed by atoms with van der Waals surface area (Å²) in [7, 11) is 0. The molecule has 0 aliphatic carbocycles. The van der Waals surface area contributed by atoms with E-state index in [-0.39, 0.29) is 0 Å². The van der Waals surface area contributed by atoms with E-state index < -0.39 is 0 Å². The Morgan fingerprint density at radius 3 is 2.46 bits per heavy atom. The highest BCUT2D eigenvalue weighted by Gasteiger charge is 2.17. The highest BCUT2D eigenvalue weighted by Crippen LogP contribution is 2.44. The van der Waals surface area contributed by atoms with Crippen LogP contribution in [0.3, 0.4) is 0 Å². The summed E-state index contributed by atoms with van der Waals surface area (Å²) in [6.07, 6.45) is 0. The van der Waals surface area contributed by atoms with E-state index in [4.69, 9.17) is 9.40 Å². The topological polar surface area (TPSA) is 26.0 Å². The maximum atomic E-state index is 6.12. The van der Waals surface area contributed by atoms with Crippen LogP contribution in [0.25, 0.3) is 53.5 Å². The molecule has 0 aliphatic rings. The van der Waals surface area contributed by atoms with Gasteiger partial charge in [-0.15, -0.1) is 11.3 Å². The van der Waals surface area contributed by atoms with E-state index >= 15 is 0 Å². The summed E-state index contributed by atoms with van der Waals surface area (Å²) in [5, 5.41) is 4.98. The summed E-state index contributed by atoms with van der Waals surface area (Å²) in [5.74, 6) is 0.686. The van der Waals surface area contributed by atoms with E-state index in [1.165, 1.54) is 30.9 Å². The number of para-hydroxylation sites is 2. The Morgan fingerprint density at radius 2 is 1.54 bits per heavy atom. The number of oxazole rings is 1. The van der Waals surface area contributed by atoms with Crippen LogP contribution in [0.2, 0.25) is 0 Å². The molecule has 0 fully saturated rings. The molecule has 6 rings (SSSR count). The van der Waals surface area contributed by atoms with Gasteiger partial charge >= 0.3 is 0 Å².